The van der Waals surface area contributed by atoms with Gasteiger partial charge in [-0.1, -0.05) is 30.3 Å². The zero-order chi connectivity index (χ0) is 22.8. The Balaban J connectivity index is 1.64. The smallest absolute Gasteiger partial charge is 0.263 e. The van der Waals surface area contributed by atoms with E-state index in [1.54, 1.807) is 0 Å². The Kier molecular flexibility index (Phi) is 5.61. The fraction of sp³-hybridized carbons (Fsp3) is 0.200. The van der Waals surface area contributed by atoms with Gasteiger partial charge in [0.05, 0.1) is 11.7 Å². The fourth-order valence-corrected chi connectivity index (χ4v) is 3.57. The van der Waals surface area contributed by atoms with Gasteiger partial charge < -0.3 is 10.1 Å². The van der Waals surface area contributed by atoms with Crippen molar-refractivity contribution < 1.29 is 9.53 Å². The largest absolute Gasteiger partial charge is 0.483 e. The third-order valence-electron chi connectivity index (χ3n) is 5.51. The van der Waals surface area contributed by atoms with Crippen molar-refractivity contribution >= 4 is 22.6 Å². The molecule has 0 saturated heterocycles. The molecule has 4 aromatic rings. The Bertz CT molecular complexity index is 1380. The standard InChI is InChI=1S/C25H23N5O2/c1-15-7-6-10-21(18(15)4)32-14-23(31)29-25-19(12-26)13-27-30(25)22-11-17(3)20-9-5-8-16(2)24(20)28-22/h5-11,13H,14H2,1-4H3,(H,29,31). The summed E-state index contributed by atoms with van der Waals surface area (Å²) in [5.74, 6) is 1.05. The van der Waals surface area contributed by atoms with E-state index in [4.69, 9.17) is 9.72 Å². The van der Waals surface area contributed by atoms with Crippen LogP contribution in [0.1, 0.15) is 27.8 Å². The molecule has 4 rings (SSSR count). The van der Waals surface area contributed by atoms with Crippen LogP contribution >= 0.6 is 0 Å². The summed E-state index contributed by atoms with van der Waals surface area (Å²) in [6, 6.07) is 15.7. The number of hydrogen-bond donors (Lipinski definition) is 1. The lowest BCUT2D eigenvalue weighted by Crippen LogP contribution is -2.23. The minimum atomic E-state index is -0.391. The molecular formula is C25H23N5O2. The van der Waals surface area contributed by atoms with E-state index in [-0.39, 0.29) is 18.0 Å². The van der Waals surface area contributed by atoms with Crippen molar-refractivity contribution in [2.45, 2.75) is 27.7 Å². The van der Waals surface area contributed by atoms with Gasteiger partial charge in [0.1, 0.15) is 17.4 Å². The molecule has 2 aromatic carbocycles. The number of pyridine rings is 1. The molecule has 2 heterocycles. The monoisotopic (exact) mass is 425 g/mol. The van der Waals surface area contributed by atoms with Crippen LogP contribution in [0.2, 0.25) is 0 Å². The number of aromatic nitrogens is 3. The lowest BCUT2D eigenvalue weighted by molar-refractivity contribution is -0.118. The third kappa shape index (κ3) is 3.91. The van der Waals surface area contributed by atoms with Crippen molar-refractivity contribution in [1.29, 1.82) is 5.26 Å². The van der Waals surface area contributed by atoms with E-state index < -0.39 is 5.91 Å². The van der Waals surface area contributed by atoms with Crippen LogP contribution in [0, 0.1) is 39.0 Å². The first kappa shape index (κ1) is 21.1. The number of nitrogens with zero attached hydrogens (tertiary/aromatic N) is 4. The second kappa shape index (κ2) is 8.52. The Morgan fingerprint density at radius 1 is 1.09 bits per heavy atom. The summed E-state index contributed by atoms with van der Waals surface area (Å²) >= 11 is 0. The van der Waals surface area contributed by atoms with Crippen LogP contribution in [0.25, 0.3) is 16.7 Å². The van der Waals surface area contributed by atoms with Crippen molar-refractivity contribution in [1.82, 2.24) is 14.8 Å². The van der Waals surface area contributed by atoms with Crippen LogP contribution in [-0.4, -0.2) is 27.3 Å². The predicted molar refractivity (Wildman–Crippen MR) is 123 cm³/mol. The SMILES string of the molecule is Cc1cccc(OCC(=O)Nc2c(C#N)cnn2-c2cc(C)c3cccc(C)c3n2)c1C. The molecule has 0 aliphatic heterocycles. The average Bonchev–Trinajstić information content (AvgIpc) is 3.18. The van der Waals surface area contributed by atoms with Crippen LogP contribution in [0.4, 0.5) is 5.82 Å². The maximum Gasteiger partial charge on any atom is 0.263 e. The number of benzene rings is 2. The molecule has 1 N–H and O–H groups in total. The quantitative estimate of drug-likeness (QED) is 0.507. The van der Waals surface area contributed by atoms with Crippen LogP contribution in [0.5, 0.6) is 5.75 Å². The maximum atomic E-state index is 12.7. The predicted octanol–water partition coefficient (Wildman–Crippen LogP) is 4.54. The van der Waals surface area contributed by atoms with E-state index in [2.05, 4.69) is 16.5 Å². The number of carbonyl (C=O) groups excluding carboxylic acids is 1. The van der Waals surface area contributed by atoms with Crippen molar-refractivity contribution in [3.63, 3.8) is 0 Å². The first-order valence-electron chi connectivity index (χ1n) is 10.2. The molecule has 160 valence electrons. The number of amides is 1. The van der Waals surface area contributed by atoms with E-state index in [9.17, 15) is 10.1 Å². The van der Waals surface area contributed by atoms with Crippen molar-refractivity contribution in [3.8, 4) is 17.6 Å². The van der Waals surface area contributed by atoms with E-state index in [1.165, 1.54) is 10.9 Å². The van der Waals surface area contributed by atoms with Crippen molar-refractivity contribution in [2.24, 2.45) is 0 Å². The van der Waals surface area contributed by atoms with Gasteiger partial charge in [0, 0.05) is 5.39 Å². The van der Waals surface area contributed by atoms with Gasteiger partial charge in [0.25, 0.3) is 5.91 Å². The normalized spacial score (nSPS) is 10.7. The molecule has 0 atom stereocenters. The number of para-hydroxylation sites is 1. The summed E-state index contributed by atoms with van der Waals surface area (Å²) in [5.41, 5.74) is 5.22. The fourth-order valence-electron chi connectivity index (χ4n) is 3.57. The highest BCUT2D eigenvalue weighted by molar-refractivity contribution is 5.93. The first-order valence-corrected chi connectivity index (χ1v) is 10.2. The van der Waals surface area contributed by atoms with E-state index >= 15 is 0 Å². The maximum absolute atomic E-state index is 12.7. The molecule has 0 saturated carbocycles. The molecule has 0 fully saturated rings. The number of rotatable bonds is 5. The zero-order valence-corrected chi connectivity index (χ0v) is 18.4. The topological polar surface area (TPSA) is 92.8 Å². The zero-order valence-electron chi connectivity index (χ0n) is 18.4. The molecule has 0 radical (unpaired) electrons. The Morgan fingerprint density at radius 3 is 2.62 bits per heavy atom. The highest BCUT2D eigenvalue weighted by atomic mass is 16.5. The summed E-state index contributed by atoms with van der Waals surface area (Å²) in [6.45, 7) is 7.73. The molecule has 7 nitrogen and oxygen atoms in total. The molecular weight excluding hydrogens is 402 g/mol. The van der Waals surface area contributed by atoms with Gasteiger partial charge in [-0.05, 0) is 62.1 Å². The van der Waals surface area contributed by atoms with Gasteiger partial charge in [-0.15, -0.1) is 0 Å². The van der Waals surface area contributed by atoms with Crippen LogP contribution in [-0.2, 0) is 4.79 Å². The van der Waals surface area contributed by atoms with Crippen LogP contribution in [0.3, 0.4) is 0 Å². The minimum Gasteiger partial charge on any atom is -0.483 e. The van der Waals surface area contributed by atoms with E-state index in [0.29, 0.717) is 11.6 Å². The number of anilines is 1. The third-order valence-corrected chi connectivity index (χ3v) is 5.51. The molecule has 0 spiro atoms. The molecule has 0 aliphatic carbocycles. The lowest BCUT2D eigenvalue weighted by atomic mass is 10.1. The number of nitriles is 1. The Hall–Kier alpha value is -4.18. The summed E-state index contributed by atoms with van der Waals surface area (Å²) in [7, 11) is 0. The molecule has 0 bridgehead atoms. The molecule has 32 heavy (non-hydrogen) atoms. The molecule has 1 amide bonds. The van der Waals surface area contributed by atoms with Gasteiger partial charge >= 0.3 is 0 Å². The minimum absolute atomic E-state index is 0.191. The molecule has 2 aromatic heterocycles. The lowest BCUT2D eigenvalue weighted by Gasteiger charge is -2.13. The number of carbonyl (C=O) groups is 1. The first-order chi connectivity index (χ1) is 15.4. The van der Waals surface area contributed by atoms with Crippen molar-refractivity contribution in [2.75, 3.05) is 11.9 Å². The van der Waals surface area contributed by atoms with Gasteiger partial charge in [0.15, 0.2) is 18.2 Å². The van der Waals surface area contributed by atoms with E-state index in [0.717, 1.165) is 33.2 Å². The summed E-state index contributed by atoms with van der Waals surface area (Å²) < 4.78 is 7.18. The average molecular weight is 425 g/mol. The van der Waals surface area contributed by atoms with E-state index in [1.807, 2.05) is 70.2 Å². The number of aryl methyl sites for hydroxylation is 3. The second-order valence-corrected chi connectivity index (χ2v) is 7.73. The molecule has 0 unspecified atom stereocenters. The van der Waals surface area contributed by atoms with Gasteiger partial charge in [-0.25, -0.2) is 4.98 Å². The van der Waals surface area contributed by atoms with Gasteiger partial charge in [0.2, 0.25) is 0 Å². The Morgan fingerprint density at radius 2 is 1.84 bits per heavy atom. The van der Waals surface area contributed by atoms with Crippen LogP contribution in [0.15, 0.2) is 48.7 Å². The molecule has 7 heteroatoms. The highest BCUT2D eigenvalue weighted by Gasteiger charge is 2.18. The van der Waals surface area contributed by atoms with Gasteiger partial charge in [-0.3, -0.25) is 4.79 Å². The number of hydrogen-bond acceptors (Lipinski definition) is 5. The molecule has 0 aliphatic rings. The van der Waals surface area contributed by atoms with Crippen LogP contribution < -0.4 is 10.1 Å². The number of nitrogens with one attached hydrogen (secondary N) is 1. The number of ether oxygens (including phenoxy) is 1. The number of fused-ring (bicyclic) bond motifs is 1. The summed E-state index contributed by atoms with van der Waals surface area (Å²) in [4.78, 5) is 17.4. The van der Waals surface area contributed by atoms with Crippen molar-refractivity contribution in [3.05, 3.63) is 76.5 Å². The summed E-state index contributed by atoms with van der Waals surface area (Å²) in [6.07, 6.45) is 1.42. The highest BCUT2D eigenvalue weighted by Crippen LogP contribution is 2.25. The van der Waals surface area contributed by atoms with Gasteiger partial charge in [-0.2, -0.15) is 15.0 Å². The second-order valence-electron chi connectivity index (χ2n) is 7.73. The summed E-state index contributed by atoms with van der Waals surface area (Å²) in [5, 5.41) is 17.7. The Labute approximate surface area is 186 Å².